The first-order chi connectivity index (χ1) is 13.8. The van der Waals surface area contributed by atoms with E-state index in [1.807, 2.05) is 25.1 Å². The number of nitrogens with one attached hydrogen (secondary N) is 2. The van der Waals surface area contributed by atoms with Crippen LogP contribution < -0.4 is 15.5 Å². The molecule has 1 aromatic carbocycles. The molecule has 164 valence electrons. The lowest BCUT2D eigenvalue weighted by Gasteiger charge is -2.36. The molecule has 0 saturated carbocycles. The van der Waals surface area contributed by atoms with Gasteiger partial charge in [0.25, 0.3) is 0 Å². The van der Waals surface area contributed by atoms with Crippen molar-refractivity contribution in [3.63, 3.8) is 0 Å². The zero-order chi connectivity index (χ0) is 21.3. The Morgan fingerprint density at radius 3 is 2.62 bits per heavy atom. The number of hydrogen-bond acceptors (Lipinski definition) is 5. The molecular formula is C20H34ClN5O2S. The molecule has 1 aliphatic rings. The molecule has 1 fully saturated rings. The minimum Gasteiger partial charge on any atom is -0.369 e. The normalized spacial score (nSPS) is 17.2. The third-order valence-electron chi connectivity index (χ3n) is 5.02. The second kappa shape index (κ2) is 11.6. The first kappa shape index (κ1) is 23.8. The number of guanidine groups is 1. The molecule has 9 heteroatoms. The quantitative estimate of drug-likeness (QED) is 0.344. The molecular weight excluding hydrogens is 410 g/mol. The van der Waals surface area contributed by atoms with Gasteiger partial charge in [-0.3, -0.25) is 9.89 Å². The van der Waals surface area contributed by atoms with E-state index in [1.165, 1.54) is 11.9 Å². The van der Waals surface area contributed by atoms with E-state index in [0.29, 0.717) is 6.42 Å². The van der Waals surface area contributed by atoms with Crippen LogP contribution in [0.2, 0.25) is 5.02 Å². The molecule has 1 atom stereocenters. The van der Waals surface area contributed by atoms with E-state index in [0.717, 1.165) is 56.7 Å². The van der Waals surface area contributed by atoms with E-state index in [2.05, 4.69) is 31.5 Å². The lowest BCUT2D eigenvalue weighted by Crippen LogP contribution is -2.47. The van der Waals surface area contributed by atoms with Crippen LogP contribution in [0.1, 0.15) is 19.8 Å². The van der Waals surface area contributed by atoms with Crippen molar-refractivity contribution in [3.8, 4) is 0 Å². The molecule has 1 unspecified atom stereocenters. The fraction of sp³-hybridized carbons (Fsp3) is 0.650. The van der Waals surface area contributed by atoms with E-state index in [-0.39, 0.29) is 11.8 Å². The zero-order valence-electron chi connectivity index (χ0n) is 17.7. The lowest BCUT2D eigenvalue weighted by molar-refractivity contribution is 0.255. The molecule has 1 aliphatic heterocycles. The number of sulfone groups is 1. The predicted molar refractivity (Wildman–Crippen MR) is 123 cm³/mol. The SMILES string of the molecule is CN=C(NCCCN1CCN(c2cccc(Cl)c2)CC1)NC(C)CCS(C)(=O)=O. The van der Waals surface area contributed by atoms with Crippen LogP contribution in [-0.2, 0) is 9.84 Å². The van der Waals surface area contributed by atoms with Gasteiger partial charge in [-0.15, -0.1) is 0 Å². The summed E-state index contributed by atoms with van der Waals surface area (Å²) in [6.07, 6.45) is 2.85. The van der Waals surface area contributed by atoms with Crippen molar-refractivity contribution in [1.82, 2.24) is 15.5 Å². The predicted octanol–water partition coefficient (Wildman–Crippen LogP) is 1.84. The number of rotatable bonds is 9. The summed E-state index contributed by atoms with van der Waals surface area (Å²) in [4.78, 5) is 9.08. The molecule has 1 saturated heterocycles. The topological polar surface area (TPSA) is 77.0 Å². The molecule has 2 rings (SSSR count). The van der Waals surface area contributed by atoms with Gasteiger partial charge in [0, 0.05) is 62.8 Å². The Labute approximate surface area is 180 Å². The minimum atomic E-state index is -2.93. The molecule has 1 aromatic rings. The van der Waals surface area contributed by atoms with Crippen LogP contribution in [0.3, 0.4) is 0 Å². The lowest BCUT2D eigenvalue weighted by atomic mass is 10.2. The fourth-order valence-electron chi connectivity index (χ4n) is 3.30. The maximum absolute atomic E-state index is 11.3. The Balaban J connectivity index is 1.62. The van der Waals surface area contributed by atoms with Gasteiger partial charge in [0.1, 0.15) is 9.84 Å². The zero-order valence-corrected chi connectivity index (χ0v) is 19.3. The second-order valence-corrected chi connectivity index (χ2v) is 10.3. The number of nitrogens with zero attached hydrogens (tertiary/aromatic N) is 3. The smallest absolute Gasteiger partial charge is 0.191 e. The Morgan fingerprint density at radius 1 is 1.28 bits per heavy atom. The summed E-state index contributed by atoms with van der Waals surface area (Å²) >= 11 is 6.10. The fourth-order valence-corrected chi connectivity index (χ4v) is 4.27. The van der Waals surface area contributed by atoms with Gasteiger partial charge in [0.15, 0.2) is 5.96 Å². The highest BCUT2D eigenvalue weighted by Crippen LogP contribution is 2.20. The van der Waals surface area contributed by atoms with Crippen molar-refractivity contribution in [2.75, 3.05) is 63.2 Å². The van der Waals surface area contributed by atoms with Crippen LogP contribution in [0, 0.1) is 0 Å². The van der Waals surface area contributed by atoms with Crippen LogP contribution in [0.25, 0.3) is 0 Å². The van der Waals surface area contributed by atoms with Crippen LogP contribution in [-0.4, -0.2) is 83.6 Å². The molecule has 2 N–H and O–H groups in total. The van der Waals surface area contributed by atoms with Gasteiger partial charge >= 0.3 is 0 Å². The molecule has 7 nitrogen and oxygen atoms in total. The Morgan fingerprint density at radius 2 is 2.00 bits per heavy atom. The van der Waals surface area contributed by atoms with E-state index in [1.54, 1.807) is 7.05 Å². The maximum atomic E-state index is 11.3. The minimum absolute atomic E-state index is 0.0514. The molecule has 0 bridgehead atoms. The van der Waals surface area contributed by atoms with Gasteiger partial charge < -0.3 is 15.5 Å². The first-order valence-corrected chi connectivity index (χ1v) is 12.6. The Bertz CT molecular complexity index is 764. The first-order valence-electron chi connectivity index (χ1n) is 10.1. The molecule has 0 aliphatic carbocycles. The van der Waals surface area contributed by atoms with Crippen LogP contribution in [0.5, 0.6) is 0 Å². The van der Waals surface area contributed by atoms with Crippen molar-refractivity contribution in [2.24, 2.45) is 4.99 Å². The van der Waals surface area contributed by atoms with E-state index < -0.39 is 9.84 Å². The molecule has 29 heavy (non-hydrogen) atoms. The summed E-state index contributed by atoms with van der Waals surface area (Å²) < 4.78 is 22.6. The number of anilines is 1. The van der Waals surface area contributed by atoms with Crippen molar-refractivity contribution in [3.05, 3.63) is 29.3 Å². The third-order valence-corrected chi connectivity index (χ3v) is 6.23. The number of aliphatic imine (C=N–C) groups is 1. The Hall–Kier alpha value is -1.51. The van der Waals surface area contributed by atoms with Crippen molar-refractivity contribution in [1.29, 1.82) is 0 Å². The van der Waals surface area contributed by atoms with Gasteiger partial charge in [-0.1, -0.05) is 17.7 Å². The third kappa shape index (κ3) is 9.23. The monoisotopic (exact) mass is 443 g/mol. The van der Waals surface area contributed by atoms with Gasteiger partial charge in [0.2, 0.25) is 0 Å². The Kier molecular flexibility index (Phi) is 9.52. The van der Waals surface area contributed by atoms with Gasteiger partial charge in [-0.2, -0.15) is 0 Å². The summed E-state index contributed by atoms with van der Waals surface area (Å²) in [6.45, 7) is 7.94. The highest BCUT2D eigenvalue weighted by molar-refractivity contribution is 7.90. The summed E-state index contributed by atoms with van der Waals surface area (Å²) in [5.41, 5.74) is 1.19. The average molecular weight is 444 g/mol. The second-order valence-electron chi connectivity index (χ2n) is 7.63. The summed E-state index contributed by atoms with van der Waals surface area (Å²) in [6, 6.07) is 8.09. The highest BCUT2D eigenvalue weighted by atomic mass is 35.5. The van der Waals surface area contributed by atoms with Crippen molar-refractivity contribution < 1.29 is 8.42 Å². The average Bonchev–Trinajstić information content (AvgIpc) is 2.68. The van der Waals surface area contributed by atoms with Gasteiger partial charge in [-0.05, 0) is 44.5 Å². The largest absolute Gasteiger partial charge is 0.369 e. The molecule has 1 heterocycles. The standard InChI is InChI=1S/C20H34ClN5O2S/c1-17(8-15-29(3,27)28)24-20(22-2)23-9-5-10-25-11-13-26(14-12-25)19-7-4-6-18(21)16-19/h4,6-7,16-17H,5,8-15H2,1-3H3,(H2,22,23,24). The summed E-state index contributed by atoms with van der Waals surface area (Å²) in [5.74, 6) is 0.899. The van der Waals surface area contributed by atoms with E-state index >= 15 is 0 Å². The van der Waals surface area contributed by atoms with Crippen LogP contribution >= 0.6 is 11.6 Å². The number of piperazine rings is 1. The number of halogens is 1. The van der Waals surface area contributed by atoms with Crippen molar-refractivity contribution >= 4 is 33.1 Å². The van der Waals surface area contributed by atoms with Gasteiger partial charge in [-0.25, -0.2) is 8.42 Å². The molecule has 0 radical (unpaired) electrons. The molecule has 0 aromatic heterocycles. The van der Waals surface area contributed by atoms with E-state index in [4.69, 9.17) is 11.6 Å². The van der Waals surface area contributed by atoms with Crippen LogP contribution in [0.4, 0.5) is 5.69 Å². The highest BCUT2D eigenvalue weighted by Gasteiger charge is 2.17. The number of hydrogen-bond donors (Lipinski definition) is 2. The van der Waals surface area contributed by atoms with Gasteiger partial charge in [0.05, 0.1) is 5.75 Å². The molecule has 0 spiro atoms. The summed E-state index contributed by atoms with van der Waals surface area (Å²) in [5, 5.41) is 7.35. The van der Waals surface area contributed by atoms with Crippen LogP contribution in [0.15, 0.2) is 29.3 Å². The van der Waals surface area contributed by atoms with E-state index in [9.17, 15) is 8.42 Å². The summed E-state index contributed by atoms with van der Waals surface area (Å²) in [7, 11) is -1.20. The van der Waals surface area contributed by atoms with Crippen molar-refractivity contribution in [2.45, 2.75) is 25.8 Å². The maximum Gasteiger partial charge on any atom is 0.191 e. The molecule has 0 amide bonds. The number of benzene rings is 1.